The summed E-state index contributed by atoms with van der Waals surface area (Å²) >= 11 is 1.77. The number of ether oxygens (including phenoxy) is 1. The molecule has 1 aliphatic carbocycles. The molecule has 4 rings (SSSR count). The summed E-state index contributed by atoms with van der Waals surface area (Å²) in [4.78, 5) is 23.2. The zero-order chi connectivity index (χ0) is 21.0. The standard InChI is InChI=1S/C17H24N2O2S.C2HF3O2/c20-17(13-1-2-13)18-7-16-15-3-5-19(9-14(15)10-21-16)8-12-4-6-22-11-12;3-2(4,5)1(6)7/h4,6,11,13-16H,1-3,5,7-10H2,(H,18,20);(H,6,7)/t14-,15-,16-;/m1./s1. The van der Waals surface area contributed by atoms with Gasteiger partial charge in [0.1, 0.15) is 0 Å². The monoisotopic (exact) mass is 434 g/mol. The van der Waals surface area contributed by atoms with Crippen LogP contribution >= 0.6 is 11.3 Å². The second-order valence-corrected chi connectivity index (χ2v) is 8.55. The first-order valence-electron chi connectivity index (χ1n) is 9.67. The number of piperidine rings is 1. The second-order valence-electron chi connectivity index (χ2n) is 7.77. The third-order valence-electron chi connectivity index (χ3n) is 5.53. The number of alkyl halides is 3. The number of carbonyl (C=O) groups excluding carboxylic acids is 1. The van der Waals surface area contributed by atoms with Gasteiger partial charge in [0.15, 0.2) is 0 Å². The third kappa shape index (κ3) is 6.42. The molecule has 1 amide bonds. The number of rotatable bonds is 5. The lowest BCUT2D eigenvalue weighted by Gasteiger charge is -2.35. The number of carboxylic acid groups (broad SMARTS) is 1. The van der Waals surface area contributed by atoms with Crippen LogP contribution in [0.2, 0.25) is 0 Å². The molecule has 162 valence electrons. The second kappa shape index (κ2) is 9.44. The van der Waals surface area contributed by atoms with Crippen LogP contribution < -0.4 is 5.32 Å². The maximum Gasteiger partial charge on any atom is 0.490 e. The maximum atomic E-state index is 11.8. The largest absolute Gasteiger partial charge is 0.490 e. The number of hydrogen-bond acceptors (Lipinski definition) is 5. The van der Waals surface area contributed by atoms with Gasteiger partial charge in [-0.25, -0.2) is 4.79 Å². The Morgan fingerprint density at radius 1 is 1.31 bits per heavy atom. The van der Waals surface area contributed by atoms with E-state index in [0.29, 0.717) is 24.3 Å². The van der Waals surface area contributed by atoms with Crippen LogP contribution in [0.25, 0.3) is 0 Å². The summed E-state index contributed by atoms with van der Waals surface area (Å²) in [5, 5.41) is 14.6. The van der Waals surface area contributed by atoms with Crippen molar-refractivity contribution in [3.63, 3.8) is 0 Å². The number of halogens is 3. The Kier molecular flexibility index (Phi) is 7.18. The van der Waals surface area contributed by atoms with Crippen molar-refractivity contribution >= 4 is 23.2 Å². The van der Waals surface area contributed by atoms with Crippen LogP contribution in [0.5, 0.6) is 0 Å². The van der Waals surface area contributed by atoms with Crippen LogP contribution in [0, 0.1) is 17.8 Å². The Bertz CT molecular complexity index is 694. The van der Waals surface area contributed by atoms with Gasteiger partial charge in [-0.3, -0.25) is 9.69 Å². The SMILES string of the molecule is O=C(NC[C@H]1OC[C@H]2CN(Cc3ccsc3)CC[C@H]21)C1CC1.O=C(O)C(F)(F)F. The molecule has 10 heteroatoms. The fraction of sp³-hybridized carbons (Fsp3) is 0.684. The molecule has 2 N–H and O–H groups in total. The summed E-state index contributed by atoms with van der Waals surface area (Å²) in [5.41, 5.74) is 1.43. The Balaban J connectivity index is 0.000000298. The van der Waals surface area contributed by atoms with Crippen LogP contribution in [0.3, 0.4) is 0 Å². The highest BCUT2D eigenvalue weighted by molar-refractivity contribution is 7.07. The van der Waals surface area contributed by atoms with Crippen molar-refractivity contribution in [1.82, 2.24) is 10.2 Å². The van der Waals surface area contributed by atoms with E-state index in [2.05, 4.69) is 27.0 Å². The number of fused-ring (bicyclic) bond motifs is 1. The molecule has 3 aliphatic rings. The van der Waals surface area contributed by atoms with Gasteiger partial charge in [-0.15, -0.1) is 0 Å². The highest BCUT2D eigenvalue weighted by Crippen LogP contribution is 2.35. The Morgan fingerprint density at radius 2 is 2.03 bits per heavy atom. The summed E-state index contributed by atoms with van der Waals surface area (Å²) < 4.78 is 37.7. The van der Waals surface area contributed by atoms with E-state index in [1.165, 1.54) is 12.0 Å². The molecule has 3 fully saturated rings. The Morgan fingerprint density at radius 3 is 2.62 bits per heavy atom. The summed E-state index contributed by atoms with van der Waals surface area (Å²) in [5.74, 6) is -0.965. The van der Waals surface area contributed by atoms with Crippen molar-refractivity contribution in [1.29, 1.82) is 0 Å². The minimum atomic E-state index is -5.08. The van der Waals surface area contributed by atoms with Crippen molar-refractivity contribution in [2.45, 2.75) is 38.1 Å². The highest BCUT2D eigenvalue weighted by atomic mass is 32.1. The minimum absolute atomic E-state index is 0.232. The number of amides is 1. The molecule has 0 unspecified atom stereocenters. The van der Waals surface area contributed by atoms with Gasteiger partial charge in [0.05, 0.1) is 12.7 Å². The predicted octanol–water partition coefficient (Wildman–Crippen LogP) is 2.74. The predicted molar refractivity (Wildman–Crippen MR) is 100 cm³/mol. The van der Waals surface area contributed by atoms with Gasteiger partial charge in [-0.2, -0.15) is 24.5 Å². The molecule has 2 aliphatic heterocycles. The molecule has 0 bridgehead atoms. The zero-order valence-corrected chi connectivity index (χ0v) is 16.7. The first-order chi connectivity index (χ1) is 13.7. The lowest BCUT2D eigenvalue weighted by molar-refractivity contribution is -0.192. The fourth-order valence-electron chi connectivity index (χ4n) is 3.85. The van der Waals surface area contributed by atoms with E-state index >= 15 is 0 Å². The minimum Gasteiger partial charge on any atom is -0.475 e. The van der Waals surface area contributed by atoms with E-state index in [0.717, 1.165) is 39.1 Å². The number of thiophene rings is 1. The molecule has 29 heavy (non-hydrogen) atoms. The number of carboxylic acids is 1. The fourth-order valence-corrected chi connectivity index (χ4v) is 4.51. The van der Waals surface area contributed by atoms with Crippen LogP contribution in [0.15, 0.2) is 16.8 Å². The van der Waals surface area contributed by atoms with Crippen molar-refractivity contribution < 1.29 is 32.6 Å². The summed E-state index contributed by atoms with van der Waals surface area (Å²) in [6, 6.07) is 2.22. The van der Waals surface area contributed by atoms with E-state index in [9.17, 15) is 18.0 Å². The molecule has 0 aromatic carbocycles. The highest BCUT2D eigenvalue weighted by Gasteiger charge is 2.41. The smallest absolute Gasteiger partial charge is 0.475 e. The molecule has 0 radical (unpaired) electrons. The van der Waals surface area contributed by atoms with Gasteiger partial charge < -0.3 is 15.2 Å². The normalized spacial score (nSPS) is 26.9. The number of nitrogens with zero attached hydrogens (tertiary/aromatic N) is 1. The number of nitrogens with one attached hydrogen (secondary N) is 1. The molecular weight excluding hydrogens is 409 g/mol. The van der Waals surface area contributed by atoms with Crippen LogP contribution in [0.4, 0.5) is 13.2 Å². The molecule has 0 spiro atoms. The third-order valence-corrected chi connectivity index (χ3v) is 6.27. The molecule has 6 nitrogen and oxygen atoms in total. The summed E-state index contributed by atoms with van der Waals surface area (Å²) in [6.07, 6.45) is -1.52. The van der Waals surface area contributed by atoms with E-state index < -0.39 is 12.1 Å². The van der Waals surface area contributed by atoms with Crippen molar-refractivity contribution in [2.75, 3.05) is 26.2 Å². The zero-order valence-electron chi connectivity index (χ0n) is 15.9. The average molecular weight is 434 g/mol. The van der Waals surface area contributed by atoms with E-state index in [4.69, 9.17) is 14.6 Å². The van der Waals surface area contributed by atoms with Gasteiger partial charge in [0.2, 0.25) is 5.91 Å². The molecule has 1 aromatic rings. The van der Waals surface area contributed by atoms with Gasteiger partial charge in [0, 0.05) is 31.5 Å². The van der Waals surface area contributed by atoms with E-state index in [1.807, 2.05) is 0 Å². The van der Waals surface area contributed by atoms with Gasteiger partial charge in [-0.05, 0) is 54.1 Å². The van der Waals surface area contributed by atoms with E-state index in [-0.39, 0.29) is 12.0 Å². The number of carbonyl (C=O) groups is 2. The maximum absolute atomic E-state index is 11.8. The first-order valence-corrected chi connectivity index (χ1v) is 10.6. The summed E-state index contributed by atoms with van der Waals surface area (Å²) in [7, 11) is 0. The van der Waals surface area contributed by atoms with Crippen molar-refractivity contribution in [3.8, 4) is 0 Å². The van der Waals surface area contributed by atoms with Crippen molar-refractivity contribution in [2.24, 2.45) is 17.8 Å². The molecule has 2 saturated heterocycles. The van der Waals surface area contributed by atoms with Crippen LogP contribution in [-0.4, -0.2) is 60.4 Å². The topological polar surface area (TPSA) is 78.9 Å². The Labute approximate surface area is 171 Å². The molecular formula is C19H25F3N2O4S. The van der Waals surface area contributed by atoms with Crippen molar-refractivity contribution in [3.05, 3.63) is 22.4 Å². The molecule has 3 heterocycles. The number of hydrogen-bond donors (Lipinski definition) is 2. The Hall–Kier alpha value is -1.65. The number of aliphatic carboxylic acids is 1. The lowest BCUT2D eigenvalue weighted by Crippen LogP contribution is -2.43. The van der Waals surface area contributed by atoms with Crippen LogP contribution in [-0.2, 0) is 20.9 Å². The molecule has 3 atom stereocenters. The summed E-state index contributed by atoms with van der Waals surface area (Å²) in [6.45, 7) is 4.91. The first kappa shape index (κ1) is 22.0. The molecule has 1 saturated carbocycles. The number of likely N-dealkylation sites (tertiary alicyclic amines) is 1. The van der Waals surface area contributed by atoms with Gasteiger partial charge >= 0.3 is 12.1 Å². The average Bonchev–Trinajstić information content (AvgIpc) is 3.25. The van der Waals surface area contributed by atoms with Crippen LogP contribution in [0.1, 0.15) is 24.8 Å². The van der Waals surface area contributed by atoms with Gasteiger partial charge in [0.25, 0.3) is 0 Å². The lowest BCUT2D eigenvalue weighted by atomic mass is 9.84. The quantitative estimate of drug-likeness (QED) is 0.745. The van der Waals surface area contributed by atoms with E-state index in [1.54, 1.807) is 11.3 Å². The van der Waals surface area contributed by atoms with Gasteiger partial charge in [-0.1, -0.05) is 0 Å². The molecule has 1 aromatic heterocycles.